The number of pyridine rings is 1. The molecule has 0 fully saturated rings. The van der Waals surface area contributed by atoms with Crippen LogP contribution in [0.5, 0.6) is 0 Å². The predicted molar refractivity (Wildman–Crippen MR) is 129 cm³/mol. The summed E-state index contributed by atoms with van der Waals surface area (Å²) in [5, 5.41) is 5.02. The molecule has 1 atom stereocenters. The molecule has 166 valence electrons. The first-order valence-electron chi connectivity index (χ1n) is 10.3. The molecule has 9 heteroatoms. The third kappa shape index (κ3) is 4.01. The van der Waals surface area contributed by atoms with E-state index >= 15 is 0 Å². The Balaban J connectivity index is 1.39. The molecule has 1 aliphatic heterocycles. The molecule has 0 spiro atoms. The van der Waals surface area contributed by atoms with Gasteiger partial charge in [-0.1, -0.05) is 24.3 Å². The minimum atomic E-state index is -3.83. The van der Waals surface area contributed by atoms with Crippen LogP contribution in [0, 0.1) is 0 Å². The van der Waals surface area contributed by atoms with Crippen LogP contribution in [0.25, 0.3) is 11.3 Å². The van der Waals surface area contributed by atoms with Gasteiger partial charge in [0.2, 0.25) is 0 Å². The van der Waals surface area contributed by atoms with Crippen LogP contribution in [-0.2, 0) is 16.4 Å². The largest absolute Gasteiger partial charge is 0.298 e. The average molecular weight is 477 g/mol. The second kappa shape index (κ2) is 8.42. The van der Waals surface area contributed by atoms with Crippen LogP contribution in [0.2, 0.25) is 0 Å². The lowest BCUT2D eigenvalue weighted by atomic mass is 10.1. The van der Waals surface area contributed by atoms with Gasteiger partial charge in [-0.3, -0.25) is 19.4 Å². The van der Waals surface area contributed by atoms with Crippen molar-refractivity contribution in [2.75, 3.05) is 9.62 Å². The standard InChI is InChI=1S/C24H20N4O3S2/c1-16-12-17-6-2-3-10-22(17)28(16)33(30,31)20-9-4-7-18(13-20)23(29)27-24-26-21(15-32-24)19-8-5-11-25-14-19/h2-11,13-16H,12H2,1H3,(H,26,27,29). The van der Waals surface area contributed by atoms with Crippen molar-refractivity contribution in [2.45, 2.75) is 24.3 Å². The minimum absolute atomic E-state index is 0.0777. The van der Waals surface area contributed by atoms with Crippen LogP contribution in [0.15, 0.2) is 83.3 Å². The van der Waals surface area contributed by atoms with Gasteiger partial charge in [0.25, 0.3) is 15.9 Å². The molecule has 1 unspecified atom stereocenters. The normalized spacial score (nSPS) is 15.3. The summed E-state index contributed by atoms with van der Waals surface area (Å²) >= 11 is 1.29. The minimum Gasteiger partial charge on any atom is -0.298 e. The van der Waals surface area contributed by atoms with Crippen molar-refractivity contribution in [3.05, 3.63) is 89.6 Å². The number of para-hydroxylation sites is 1. The smallest absolute Gasteiger partial charge is 0.264 e. The number of rotatable bonds is 5. The van der Waals surface area contributed by atoms with Gasteiger partial charge in [0.05, 0.1) is 16.3 Å². The van der Waals surface area contributed by atoms with E-state index in [1.54, 1.807) is 24.5 Å². The molecular formula is C24H20N4O3S2. The molecule has 0 saturated heterocycles. The number of fused-ring (bicyclic) bond motifs is 1. The number of hydrogen-bond donors (Lipinski definition) is 1. The van der Waals surface area contributed by atoms with Gasteiger partial charge < -0.3 is 0 Å². The maximum absolute atomic E-state index is 13.5. The summed E-state index contributed by atoms with van der Waals surface area (Å²) in [6, 6.07) is 17.1. The number of carbonyl (C=O) groups excluding carboxylic acids is 1. The number of sulfonamides is 1. The number of thiazole rings is 1. The highest BCUT2D eigenvalue weighted by atomic mass is 32.2. The van der Waals surface area contributed by atoms with Gasteiger partial charge in [-0.05, 0) is 55.3 Å². The molecule has 1 N–H and O–H groups in total. The second-order valence-corrected chi connectivity index (χ2v) is 10.4. The van der Waals surface area contributed by atoms with Crippen molar-refractivity contribution < 1.29 is 13.2 Å². The lowest BCUT2D eigenvalue weighted by molar-refractivity contribution is 0.102. The maximum atomic E-state index is 13.5. The predicted octanol–water partition coefficient (Wildman–Crippen LogP) is 4.60. The molecule has 7 nitrogen and oxygen atoms in total. The lowest BCUT2D eigenvalue weighted by Gasteiger charge is -2.24. The molecule has 2 aromatic heterocycles. The van der Waals surface area contributed by atoms with Gasteiger partial charge in [-0.15, -0.1) is 11.3 Å². The van der Waals surface area contributed by atoms with Crippen molar-refractivity contribution in [2.24, 2.45) is 0 Å². The second-order valence-electron chi connectivity index (χ2n) is 7.74. The summed E-state index contributed by atoms with van der Waals surface area (Å²) in [6.45, 7) is 1.89. The molecule has 0 aliphatic carbocycles. The molecule has 33 heavy (non-hydrogen) atoms. The molecule has 1 amide bonds. The molecule has 1 aliphatic rings. The molecule has 0 bridgehead atoms. The van der Waals surface area contributed by atoms with Gasteiger partial charge in [0.15, 0.2) is 5.13 Å². The highest BCUT2D eigenvalue weighted by Crippen LogP contribution is 2.36. The van der Waals surface area contributed by atoms with Crippen LogP contribution < -0.4 is 9.62 Å². The zero-order valence-electron chi connectivity index (χ0n) is 17.7. The van der Waals surface area contributed by atoms with Crippen LogP contribution in [0.3, 0.4) is 0 Å². The molecule has 0 saturated carbocycles. The Kier molecular flexibility index (Phi) is 5.43. The fraction of sp³-hybridized carbons (Fsp3) is 0.125. The van der Waals surface area contributed by atoms with Gasteiger partial charge in [0.1, 0.15) is 0 Å². The number of nitrogens with one attached hydrogen (secondary N) is 1. The van der Waals surface area contributed by atoms with Crippen molar-refractivity contribution in [3.8, 4) is 11.3 Å². The number of hydrogen-bond acceptors (Lipinski definition) is 6. The maximum Gasteiger partial charge on any atom is 0.264 e. The third-order valence-corrected chi connectivity index (χ3v) is 8.16. The Bertz CT molecular complexity index is 1430. The van der Waals surface area contributed by atoms with E-state index in [-0.39, 0.29) is 16.5 Å². The van der Waals surface area contributed by atoms with E-state index < -0.39 is 15.9 Å². The third-order valence-electron chi connectivity index (χ3n) is 5.48. The molecule has 0 radical (unpaired) electrons. The summed E-state index contributed by atoms with van der Waals surface area (Å²) in [6.07, 6.45) is 4.03. The number of aromatic nitrogens is 2. The average Bonchev–Trinajstić information content (AvgIpc) is 3.43. The lowest BCUT2D eigenvalue weighted by Crippen LogP contribution is -2.35. The van der Waals surface area contributed by atoms with Crippen LogP contribution >= 0.6 is 11.3 Å². The van der Waals surface area contributed by atoms with Crippen molar-refractivity contribution in [1.29, 1.82) is 0 Å². The number of anilines is 2. The zero-order chi connectivity index (χ0) is 23.0. The highest BCUT2D eigenvalue weighted by molar-refractivity contribution is 7.92. The number of carbonyl (C=O) groups is 1. The Labute approximate surface area is 195 Å². The zero-order valence-corrected chi connectivity index (χ0v) is 19.3. The summed E-state index contributed by atoms with van der Waals surface area (Å²) in [7, 11) is -3.83. The van der Waals surface area contributed by atoms with Gasteiger partial charge in [-0.2, -0.15) is 0 Å². The van der Waals surface area contributed by atoms with Gasteiger partial charge >= 0.3 is 0 Å². The monoisotopic (exact) mass is 476 g/mol. The quantitative estimate of drug-likeness (QED) is 0.455. The first kappa shape index (κ1) is 21.3. The van der Waals surface area contributed by atoms with E-state index in [4.69, 9.17) is 0 Å². The van der Waals surface area contributed by atoms with E-state index in [0.29, 0.717) is 22.9 Å². The van der Waals surface area contributed by atoms with Crippen LogP contribution in [-0.4, -0.2) is 30.3 Å². The van der Waals surface area contributed by atoms with E-state index in [0.717, 1.165) is 11.1 Å². The number of nitrogens with zero attached hydrogens (tertiary/aromatic N) is 3. The van der Waals surface area contributed by atoms with E-state index in [1.165, 1.54) is 27.8 Å². The number of benzene rings is 2. The fourth-order valence-electron chi connectivity index (χ4n) is 3.96. The van der Waals surface area contributed by atoms with Crippen LogP contribution in [0.4, 0.5) is 10.8 Å². The molecule has 5 rings (SSSR count). The summed E-state index contributed by atoms with van der Waals surface area (Å²) in [5.41, 5.74) is 3.49. The molecular weight excluding hydrogens is 456 g/mol. The van der Waals surface area contributed by atoms with Crippen molar-refractivity contribution in [1.82, 2.24) is 9.97 Å². The Morgan fingerprint density at radius 1 is 1.12 bits per heavy atom. The summed E-state index contributed by atoms with van der Waals surface area (Å²) in [5.74, 6) is -0.422. The highest BCUT2D eigenvalue weighted by Gasteiger charge is 2.36. The van der Waals surface area contributed by atoms with Crippen molar-refractivity contribution in [3.63, 3.8) is 0 Å². The molecule has 3 heterocycles. The van der Waals surface area contributed by atoms with E-state index in [2.05, 4.69) is 15.3 Å². The first-order chi connectivity index (χ1) is 15.9. The number of amides is 1. The first-order valence-corrected chi connectivity index (χ1v) is 12.6. The fourth-order valence-corrected chi connectivity index (χ4v) is 6.42. The Hall–Kier alpha value is -3.56. The van der Waals surface area contributed by atoms with Crippen LogP contribution in [0.1, 0.15) is 22.8 Å². The molecule has 4 aromatic rings. The Morgan fingerprint density at radius 3 is 2.79 bits per heavy atom. The van der Waals surface area contributed by atoms with Crippen molar-refractivity contribution >= 4 is 38.1 Å². The summed E-state index contributed by atoms with van der Waals surface area (Å²) in [4.78, 5) is 21.5. The summed E-state index contributed by atoms with van der Waals surface area (Å²) < 4.78 is 28.4. The van der Waals surface area contributed by atoms with Gasteiger partial charge in [-0.25, -0.2) is 13.4 Å². The topological polar surface area (TPSA) is 92.3 Å². The van der Waals surface area contributed by atoms with Gasteiger partial charge in [0, 0.05) is 34.9 Å². The van der Waals surface area contributed by atoms with E-state index in [9.17, 15) is 13.2 Å². The SMILES string of the molecule is CC1Cc2ccccc2N1S(=O)(=O)c1cccc(C(=O)Nc2nc(-c3cccnc3)cs2)c1. The van der Waals surface area contributed by atoms with E-state index in [1.807, 2.05) is 48.7 Å². The molecule has 2 aromatic carbocycles. The Morgan fingerprint density at radius 2 is 1.97 bits per heavy atom.